The Morgan fingerprint density at radius 3 is 2.73 bits per heavy atom. The fraction of sp³-hybridized carbons (Fsp3) is 0.818. The lowest BCUT2D eigenvalue weighted by atomic mass is 10.0. The summed E-state index contributed by atoms with van der Waals surface area (Å²) in [5, 5.41) is 20.6. The van der Waals surface area contributed by atoms with Gasteiger partial charge in [0.25, 0.3) is 0 Å². The summed E-state index contributed by atoms with van der Waals surface area (Å²) in [5.41, 5.74) is -0.0815. The minimum atomic E-state index is -0.538. The molecule has 0 aliphatic heterocycles. The maximum absolute atomic E-state index is 11.5. The molecule has 0 aromatic heterocycles. The number of nitriles is 1. The molecule has 1 saturated carbocycles. The fourth-order valence-corrected chi connectivity index (χ4v) is 1.51. The Morgan fingerprint density at radius 2 is 2.33 bits per heavy atom. The summed E-state index contributed by atoms with van der Waals surface area (Å²) in [7, 11) is 0. The number of aliphatic hydroxyl groups excluding tert-OH is 1. The molecule has 0 heterocycles. The Labute approximate surface area is 90.3 Å². The van der Waals surface area contributed by atoms with Gasteiger partial charge in [-0.1, -0.05) is 13.3 Å². The molecule has 1 atom stereocenters. The third-order valence-corrected chi connectivity index (χ3v) is 2.98. The van der Waals surface area contributed by atoms with E-state index in [1.165, 1.54) is 0 Å². The first kappa shape index (κ1) is 12.0. The molecule has 2 N–H and O–H groups in total. The van der Waals surface area contributed by atoms with Gasteiger partial charge in [-0.05, 0) is 19.3 Å². The highest BCUT2D eigenvalue weighted by atomic mass is 16.3. The smallest absolute Gasteiger partial charge is 0.237 e. The van der Waals surface area contributed by atoms with Crippen LogP contribution in [0.2, 0.25) is 0 Å². The first-order valence-electron chi connectivity index (χ1n) is 5.45. The van der Waals surface area contributed by atoms with Crippen molar-refractivity contribution in [2.24, 2.45) is 11.3 Å². The molecule has 0 spiro atoms. The first-order valence-corrected chi connectivity index (χ1v) is 5.45. The normalized spacial score (nSPS) is 19.0. The van der Waals surface area contributed by atoms with Crippen LogP contribution in [0.3, 0.4) is 0 Å². The van der Waals surface area contributed by atoms with Crippen LogP contribution in [-0.4, -0.2) is 24.2 Å². The van der Waals surface area contributed by atoms with Crippen LogP contribution < -0.4 is 5.32 Å². The van der Waals surface area contributed by atoms with Crippen molar-refractivity contribution in [3.8, 4) is 6.07 Å². The van der Waals surface area contributed by atoms with Gasteiger partial charge in [-0.15, -0.1) is 0 Å². The van der Waals surface area contributed by atoms with Crippen LogP contribution in [-0.2, 0) is 4.79 Å². The molecule has 1 amide bonds. The van der Waals surface area contributed by atoms with E-state index >= 15 is 0 Å². The topological polar surface area (TPSA) is 73.1 Å². The Morgan fingerprint density at radius 1 is 1.67 bits per heavy atom. The standard InChI is InChI=1S/C11H18N2O2/c1-2-3-9(6-12)10(15)13-7-11(8-14)4-5-11/h9,14H,2-5,7-8H2,1H3,(H,13,15). The predicted octanol–water partition coefficient (Wildman–Crippen LogP) is 0.815. The first-order chi connectivity index (χ1) is 7.17. The Balaban J connectivity index is 2.32. The summed E-state index contributed by atoms with van der Waals surface area (Å²) in [4.78, 5) is 11.5. The highest BCUT2D eigenvalue weighted by Gasteiger charge is 2.42. The lowest BCUT2D eigenvalue weighted by Gasteiger charge is -2.14. The van der Waals surface area contributed by atoms with E-state index in [9.17, 15) is 4.79 Å². The molecule has 1 rings (SSSR count). The van der Waals surface area contributed by atoms with E-state index in [1.54, 1.807) is 0 Å². The summed E-state index contributed by atoms with van der Waals surface area (Å²) in [6.45, 7) is 2.58. The van der Waals surface area contributed by atoms with Gasteiger partial charge in [0.15, 0.2) is 0 Å². The van der Waals surface area contributed by atoms with Gasteiger partial charge in [-0.3, -0.25) is 4.79 Å². The van der Waals surface area contributed by atoms with E-state index in [1.807, 2.05) is 13.0 Å². The largest absolute Gasteiger partial charge is 0.396 e. The number of nitrogens with zero attached hydrogens (tertiary/aromatic N) is 1. The molecule has 1 unspecified atom stereocenters. The maximum Gasteiger partial charge on any atom is 0.237 e. The zero-order chi connectivity index (χ0) is 11.3. The Bertz CT molecular complexity index is 266. The van der Waals surface area contributed by atoms with Crippen LogP contribution in [0.1, 0.15) is 32.6 Å². The van der Waals surface area contributed by atoms with E-state index in [0.717, 1.165) is 19.3 Å². The molecule has 0 aromatic carbocycles. The quantitative estimate of drug-likeness (QED) is 0.681. The van der Waals surface area contributed by atoms with Gasteiger partial charge in [0.1, 0.15) is 5.92 Å². The molecule has 0 bridgehead atoms. The molecule has 0 radical (unpaired) electrons. The van der Waals surface area contributed by atoms with Gasteiger partial charge in [0.05, 0.1) is 12.7 Å². The van der Waals surface area contributed by atoms with Crippen molar-refractivity contribution in [3.63, 3.8) is 0 Å². The van der Waals surface area contributed by atoms with Crippen molar-refractivity contribution in [1.29, 1.82) is 5.26 Å². The van der Waals surface area contributed by atoms with Gasteiger partial charge in [-0.2, -0.15) is 5.26 Å². The Hall–Kier alpha value is -1.08. The van der Waals surface area contributed by atoms with Gasteiger partial charge in [0, 0.05) is 12.0 Å². The van der Waals surface area contributed by atoms with Crippen LogP contribution in [0.5, 0.6) is 0 Å². The van der Waals surface area contributed by atoms with E-state index < -0.39 is 5.92 Å². The van der Waals surface area contributed by atoms with Crippen molar-refractivity contribution in [2.45, 2.75) is 32.6 Å². The Kier molecular flexibility index (Phi) is 4.10. The van der Waals surface area contributed by atoms with Gasteiger partial charge >= 0.3 is 0 Å². The van der Waals surface area contributed by atoms with Gasteiger partial charge in [0.2, 0.25) is 5.91 Å². The van der Waals surface area contributed by atoms with Crippen LogP contribution in [0.25, 0.3) is 0 Å². The lowest BCUT2D eigenvalue weighted by Crippen LogP contribution is -2.35. The zero-order valence-corrected chi connectivity index (χ0v) is 9.12. The van der Waals surface area contributed by atoms with Crippen LogP contribution in [0.15, 0.2) is 0 Å². The van der Waals surface area contributed by atoms with Gasteiger partial charge in [-0.25, -0.2) is 0 Å². The van der Waals surface area contributed by atoms with E-state index in [-0.39, 0.29) is 17.9 Å². The lowest BCUT2D eigenvalue weighted by molar-refractivity contribution is -0.123. The average molecular weight is 210 g/mol. The highest BCUT2D eigenvalue weighted by molar-refractivity contribution is 5.81. The number of aliphatic hydroxyl groups is 1. The second kappa shape index (κ2) is 5.13. The number of hydrogen-bond acceptors (Lipinski definition) is 3. The molecule has 4 heteroatoms. The molecule has 1 aliphatic carbocycles. The third kappa shape index (κ3) is 3.21. The summed E-state index contributed by atoms with van der Waals surface area (Å²) in [6.07, 6.45) is 3.37. The summed E-state index contributed by atoms with van der Waals surface area (Å²) in [6, 6.07) is 2.00. The van der Waals surface area contributed by atoms with Gasteiger partial charge < -0.3 is 10.4 Å². The summed E-state index contributed by atoms with van der Waals surface area (Å²) >= 11 is 0. The predicted molar refractivity (Wildman–Crippen MR) is 55.8 cm³/mol. The van der Waals surface area contributed by atoms with E-state index in [2.05, 4.69) is 5.32 Å². The van der Waals surface area contributed by atoms with Crippen molar-refractivity contribution in [2.75, 3.05) is 13.2 Å². The molecule has 0 aromatic rings. The minimum Gasteiger partial charge on any atom is -0.396 e. The molecule has 15 heavy (non-hydrogen) atoms. The maximum atomic E-state index is 11.5. The third-order valence-electron chi connectivity index (χ3n) is 2.98. The monoisotopic (exact) mass is 210 g/mol. The fourth-order valence-electron chi connectivity index (χ4n) is 1.51. The zero-order valence-electron chi connectivity index (χ0n) is 9.12. The highest BCUT2D eigenvalue weighted by Crippen LogP contribution is 2.44. The number of carbonyl (C=O) groups excluding carboxylic acids is 1. The molecular formula is C11H18N2O2. The van der Waals surface area contributed by atoms with E-state index in [4.69, 9.17) is 10.4 Å². The second-order valence-corrected chi connectivity index (χ2v) is 4.35. The van der Waals surface area contributed by atoms with Crippen LogP contribution in [0.4, 0.5) is 0 Å². The van der Waals surface area contributed by atoms with Crippen molar-refractivity contribution < 1.29 is 9.90 Å². The van der Waals surface area contributed by atoms with Crippen LogP contribution in [0, 0.1) is 22.7 Å². The summed E-state index contributed by atoms with van der Waals surface area (Å²) in [5.74, 6) is -0.733. The van der Waals surface area contributed by atoms with Crippen molar-refractivity contribution in [3.05, 3.63) is 0 Å². The van der Waals surface area contributed by atoms with Crippen LogP contribution >= 0.6 is 0 Å². The molecular weight excluding hydrogens is 192 g/mol. The molecule has 0 saturated heterocycles. The number of rotatable bonds is 6. The minimum absolute atomic E-state index is 0.0815. The average Bonchev–Trinajstić information content (AvgIpc) is 3.03. The SMILES string of the molecule is CCCC(C#N)C(=O)NCC1(CO)CC1. The number of hydrogen-bond donors (Lipinski definition) is 2. The summed E-state index contributed by atoms with van der Waals surface area (Å²) < 4.78 is 0. The van der Waals surface area contributed by atoms with E-state index in [0.29, 0.717) is 13.0 Å². The molecule has 84 valence electrons. The number of nitrogens with one attached hydrogen (secondary N) is 1. The second-order valence-electron chi connectivity index (χ2n) is 4.35. The van der Waals surface area contributed by atoms with Crippen molar-refractivity contribution in [1.82, 2.24) is 5.32 Å². The van der Waals surface area contributed by atoms with Crippen molar-refractivity contribution >= 4 is 5.91 Å². The molecule has 1 fully saturated rings. The molecule has 4 nitrogen and oxygen atoms in total. The molecule has 1 aliphatic rings. The number of amides is 1. The number of carbonyl (C=O) groups is 1.